The number of nitriles is 1. The van der Waals surface area contributed by atoms with Crippen molar-refractivity contribution in [2.75, 3.05) is 13.2 Å². The lowest BCUT2D eigenvalue weighted by atomic mass is 9.68. The Labute approximate surface area is 145 Å². The number of carbonyl (C=O) groups is 2. The highest BCUT2D eigenvalue weighted by Gasteiger charge is 2.74. The molecule has 2 fully saturated rings. The van der Waals surface area contributed by atoms with Gasteiger partial charge in [0.15, 0.2) is 5.78 Å². The highest BCUT2D eigenvalue weighted by Crippen LogP contribution is 2.69. The Morgan fingerprint density at radius 1 is 1.40 bits per heavy atom. The maximum atomic E-state index is 13.1. The average Bonchev–Trinajstić information content (AvgIpc) is 3.23. The highest BCUT2D eigenvalue weighted by atomic mass is 19.1. The van der Waals surface area contributed by atoms with Crippen LogP contribution in [0.15, 0.2) is 24.3 Å². The lowest BCUT2D eigenvalue weighted by Crippen LogP contribution is -2.43. The second-order valence-electron chi connectivity index (χ2n) is 6.84. The number of benzene rings is 1. The van der Waals surface area contributed by atoms with Gasteiger partial charge in [-0.05, 0) is 49.3 Å². The number of nitrogens with zero attached hydrogens (tertiary/aromatic N) is 1. The van der Waals surface area contributed by atoms with Crippen LogP contribution in [-0.4, -0.2) is 24.9 Å². The molecule has 132 valence electrons. The van der Waals surface area contributed by atoms with Crippen molar-refractivity contribution in [3.63, 3.8) is 0 Å². The van der Waals surface area contributed by atoms with Gasteiger partial charge in [-0.2, -0.15) is 5.26 Å². The van der Waals surface area contributed by atoms with Crippen LogP contribution in [0, 0.1) is 46.2 Å². The van der Waals surface area contributed by atoms with Crippen molar-refractivity contribution in [1.29, 1.82) is 5.26 Å². The molecule has 0 bridgehead atoms. The summed E-state index contributed by atoms with van der Waals surface area (Å²) in [6.07, 6.45) is 1.09. The zero-order valence-corrected chi connectivity index (χ0v) is 14.1. The van der Waals surface area contributed by atoms with Crippen molar-refractivity contribution in [2.24, 2.45) is 34.8 Å². The van der Waals surface area contributed by atoms with Crippen LogP contribution in [-0.2, 0) is 20.7 Å². The molecule has 0 amide bonds. The van der Waals surface area contributed by atoms with E-state index in [0.717, 1.165) is 5.56 Å². The standard InChI is InChI=1S/C19H21FN2O3/c1-2-25-18(24)16-14-8-12(7-11-3-5-13(20)6-4-11)19(10-22,17(14)16)15(23)9-21/h3-6,12,14,16-17H,2,7-9,21H2,1H3. The quantitative estimate of drug-likeness (QED) is 0.795. The molecular formula is C19H21FN2O3. The number of nitrogens with two attached hydrogens (primary N) is 1. The van der Waals surface area contributed by atoms with Gasteiger partial charge in [-0.25, -0.2) is 4.39 Å². The number of rotatable bonds is 6. The topological polar surface area (TPSA) is 93.2 Å². The normalized spacial score (nSPS) is 32.6. The Morgan fingerprint density at radius 3 is 2.64 bits per heavy atom. The van der Waals surface area contributed by atoms with E-state index < -0.39 is 5.41 Å². The number of esters is 1. The second kappa shape index (κ2) is 6.57. The molecule has 6 heteroatoms. The molecule has 0 heterocycles. The summed E-state index contributed by atoms with van der Waals surface area (Å²) in [5.74, 6) is -1.93. The molecule has 1 aromatic rings. The third kappa shape index (κ3) is 2.73. The van der Waals surface area contributed by atoms with Crippen molar-refractivity contribution in [1.82, 2.24) is 0 Å². The first-order valence-corrected chi connectivity index (χ1v) is 8.55. The van der Waals surface area contributed by atoms with E-state index in [-0.39, 0.29) is 54.4 Å². The summed E-state index contributed by atoms with van der Waals surface area (Å²) in [4.78, 5) is 24.7. The highest BCUT2D eigenvalue weighted by molar-refractivity contribution is 5.93. The number of ether oxygens (including phenoxy) is 1. The number of Topliss-reactive ketones (excluding diaryl/α,β-unsaturated/α-hetero) is 1. The molecule has 1 aromatic carbocycles. The van der Waals surface area contributed by atoms with Crippen LogP contribution in [0.4, 0.5) is 4.39 Å². The fraction of sp³-hybridized carbons (Fsp3) is 0.526. The molecule has 3 rings (SSSR count). The molecule has 0 aromatic heterocycles. The molecule has 0 aliphatic heterocycles. The van der Waals surface area contributed by atoms with E-state index in [1.54, 1.807) is 19.1 Å². The predicted octanol–water partition coefficient (Wildman–Crippen LogP) is 1.85. The molecule has 2 aliphatic rings. The second-order valence-corrected chi connectivity index (χ2v) is 6.84. The van der Waals surface area contributed by atoms with Gasteiger partial charge in [-0.15, -0.1) is 0 Å². The SMILES string of the molecule is CCOC(=O)C1C2CC(Cc3ccc(F)cc3)C(C#N)(C(=O)CN)C21. The summed E-state index contributed by atoms with van der Waals surface area (Å²) in [6, 6.07) is 8.28. The van der Waals surface area contributed by atoms with Gasteiger partial charge >= 0.3 is 5.97 Å². The lowest BCUT2D eigenvalue weighted by molar-refractivity contribution is -0.146. The fourth-order valence-electron chi connectivity index (χ4n) is 4.59. The zero-order chi connectivity index (χ0) is 18.2. The maximum absolute atomic E-state index is 13.1. The van der Waals surface area contributed by atoms with Crippen molar-refractivity contribution in [3.8, 4) is 6.07 Å². The molecule has 0 radical (unpaired) electrons. The monoisotopic (exact) mass is 344 g/mol. The van der Waals surface area contributed by atoms with Crippen molar-refractivity contribution in [2.45, 2.75) is 19.8 Å². The van der Waals surface area contributed by atoms with Gasteiger partial charge in [0.1, 0.15) is 11.2 Å². The maximum Gasteiger partial charge on any atom is 0.309 e. The van der Waals surface area contributed by atoms with E-state index in [0.29, 0.717) is 12.8 Å². The minimum absolute atomic E-state index is 0.0142. The van der Waals surface area contributed by atoms with Gasteiger partial charge in [0.05, 0.1) is 25.1 Å². The van der Waals surface area contributed by atoms with Crippen LogP contribution in [0.25, 0.3) is 0 Å². The Bertz CT molecular complexity index is 727. The summed E-state index contributed by atoms with van der Waals surface area (Å²) in [7, 11) is 0. The van der Waals surface area contributed by atoms with Crippen molar-refractivity contribution >= 4 is 11.8 Å². The van der Waals surface area contributed by atoms with Crippen LogP contribution in [0.1, 0.15) is 18.9 Å². The minimum Gasteiger partial charge on any atom is -0.466 e. The van der Waals surface area contributed by atoms with Gasteiger partial charge in [-0.1, -0.05) is 12.1 Å². The summed E-state index contributed by atoms with van der Waals surface area (Å²) < 4.78 is 18.2. The van der Waals surface area contributed by atoms with Crippen molar-refractivity contribution in [3.05, 3.63) is 35.6 Å². The van der Waals surface area contributed by atoms with Gasteiger partial charge in [0.2, 0.25) is 0 Å². The number of carbonyl (C=O) groups excluding carboxylic acids is 2. The Hall–Kier alpha value is -2.26. The van der Waals surface area contributed by atoms with Gasteiger partial charge in [0, 0.05) is 5.92 Å². The Balaban J connectivity index is 1.87. The fourth-order valence-corrected chi connectivity index (χ4v) is 4.59. The molecule has 5 unspecified atom stereocenters. The van der Waals surface area contributed by atoms with Crippen molar-refractivity contribution < 1.29 is 18.7 Å². The van der Waals surface area contributed by atoms with E-state index >= 15 is 0 Å². The summed E-state index contributed by atoms with van der Waals surface area (Å²) >= 11 is 0. The number of halogens is 1. The first-order valence-electron chi connectivity index (χ1n) is 8.55. The van der Waals surface area contributed by atoms with Crippen LogP contribution >= 0.6 is 0 Å². The molecular weight excluding hydrogens is 323 g/mol. The lowest BCUT2D eigenvalue weighted by Gasteiger charge is -2.31. The molecule has 0 spiro atoms. The van der Waals surface area contributed by atoms with Crippen LogP contribution < -0.4 is 5.73 Å². The number of fused-ring (bicyclic) bond motifs is 1. The third-order valence-electron chi connectivity index (χ3n) is 5.68. The predicted molar refractivity (Wildman–Crippen MR) is 87.4 cm³/mol. The van der Waals surface area contributed by atoms with Crippen LogP contribution in [0.3, 0.4) is 0 Å². The molecule has 5 atom stereocenters. The molecule has 2 saturated carbocycles. The van der Waals surface area contributed by atoms with Gasteiger partial charge in [0.25, 0.3) is 0 Å². The van der Waals surface area contributed by atoms with Gasteiger partial charge in [-0.3, -0.25) is 9.59 Å². The van der Waals surface area contributed by atoms with E-state index in [1.165, 1.54) is 12.1 Å². The van der Waals surface area contributed by atoms with Gasteiger partial charge < -0.3 is 10.5 Å². The molecule has 2 N–H and O–H groups in total. The zero-order valence-electron chi connectivity index (χ0n) is 14.1. The summed E-state index contributed by atoms with van der Waals surface area (Å²) in [5, 5.41) is 9.90. The average molecular weight is 344 g/mol. The smallest absolute Gasteiger partial charge is 0.309 e. The Kier molecular flexibility index (Phi) is 4.61. The first kappa shape index (κ1) is 17.6. The number of hydrogen-bond donors (Lipinski definition) is 1. The molecule has 0 saturated heterocycles. The van der Waals surface area contributed by atoms with E-state index in [2.05, 4.69) is 6.07 Å². The summed E-state index contributed by atoms with van der Waals surface area (Å²) in [5.41, 5.74) is 5.19. The molecule has 25 heavy (non-hydrogen) atoms. The number of hydrogen-bond acceptors (Lipinski definition) is 5. The Morgan fingerprint density at radius 2 is 2.08 bits per heavy atom. The van der Waals surface area contributed by atoms with E-state index in [4.69, 9.17) is 10.5 Å². The van der Waals surface area contributed by atoms with Crippen LogP contribution in [0.2, 0.25) is 0 Å². The largest absolute Gasteiger partial charge is 0.466 e. The van der Waals surface area contributed by atoms with Crippen LogP contribution in [0.5, 0.6) is 0 Å². The molecule has 2 aliphatic carbocycles. The first-order chi connectivity index (χ1) is 12.0. The summed E-state index contributed by atoms with van der Waals surface area (Å²) in [6.45, 7) is 1.78. The van der Waals surface area contributed by atoms with E-state index in [1.807, 2.05) is 0 Å². The third-order valence-corrected chi connectivity index (χ3v) is 5.68. The minimum atomic E-state index is -1.26. The molecule has 5 nitrogen and oxygen atoms in total. The number of ketones is 1. The van der Waals surface area contributed by atoms with E-state index in [9.17, 15) is 19.2 Å².